The molecule has 0 aromatic heterocycles. The van der Waals surface area contributed by atoms with Gasteiger partial charge < -0.3 is 44.3 Å². The molecular weight excluding hydrogens is 1020 g/mol. The summed E-state index contributed by atoms with van der Waals surface area (Å²) in [6.07, 6.45) is 0. The third-order valence-corrected chi connectivity index (χ3v) is 11.7. The Bertz CT molecular complexity index is 3420. The zero-order chi connectivity index (χ0) is 54.4. The number of ether oxygens (including phenoxy) is 4. The van der Waals surface area contributed by atoms with Crippen molar-refractivity contribution >= 4 is 96.0 Å². The molecule has 0 saturated carbocycles. The van der Waals surface area contributed by atoms with E-state index in [1.807, 2.05) is 0 Å². The largest absolute Gasteiger partial charge is 0.494 e. The number of anilines is 2. The molecule has 6 aromatic rings. The van der Waals surface area contributed by atoms with Crippen LogP contribution in [0.5, 0.6) is 23.0 Å². The molecule has 0 aliphatic heterocycles. The molecule has 0 fully saturated rings. The van der Waals surface area contributed by atoms with Crippen molar-refractivity contribution in [1.29, 1.82) is 0 Å². The van der Waals surface area contributed by atoms with Gasteiger partial charge in [0.1, 0.15) is 53.3 Å². The SMILES string of the molecule is COc1cc(N=Nc2ccc(N=Nc3ccc(C(=O)O)cc3OCCS(=O)O)cc2C)c(C)cc1NC(=O)Nc1cc(C)c(N=Nc2ccc(N=Nc3ccc(C(=O)O)cc3OCCS(=O)(=O)O)cc2C)cc1OC. The molecule has 1 unspecified atom stereocenters. The Balaban J connectivity index is 1.09. The van der Waals surface area contributed by atoms with Gasteiger partial charge in [-0.2, -0.15) is 39.1 Å². The van der Waals surface area contributed by atoms with Crippen molar-refractivity contribution in [3.8, 4) is 23.0 Å². The number of rotatable bonds is 22. The van der Waals surface area contributed by atoms with Crippen molar-refractivity contribution in [3.05, 3.63) is 130 Å². The molecule has 6 aromatic carbocycles. The fraction of sp³-hybridized carbons (Fsp3) is 0.204. The lowest BCUT2D eigenvalue weighted by atomic mass is 10.1. The number of benzene rings is 6. The van der Waals surface area contributed by atoms with Gasteiger partial charge in [0.2, 0.25) is 0 Å². The molecule has 1 atom stereocenters. The fourth-order valence-electron chi connectivity index (χ4n) is 6.62. The maximum Gasteiger partial charge on any atom is 0.335 e. The molecule has 390 valence electrons. The summed E-state index contributed by atoms with van der Waals surface area (Å²) in [5.41, 5.74) is 6.34. The Hall–Kier alpha value is -8.85. The third-order valence-electron chi connectivity index (χ3n) is 10.5. The highest BCUT2D eigenvalue weighted by Crippen LogP contribution is 2.38. The van der Waals surface area contributed by atoms with Gasteiger partial charge in [-0.05, 0) is 135 Å². The molecule has 0 saturated heterocycles. The van der Waals surface area contributed by atoms with Crippen LogP contribution in [-0.4, -0.2) is 88.9 Å². The number of nitrogens with zero attached hydrogens (tertiary/aromatic N) is 8. The van der Waals surface area contributed by atoms with Gasteiger partial charge in [-0.3, -0.25) is 4.55 Å². The van der Waals surface area contributed by atoms with E-state index < -0.39 is 51.5 Å². The van der Waals surface area contributed by atoms with Crippen LogP contribution in [0.3, 0.4) is 0 Å². The second-order valence-corrected chi connectivity index (χ2v) is 18.6. The van der Waals surface area contributed by atoms with Gasteiger partial charge in [0, 0.05) is 12.1 Å². The second kappa shape index (κ2) is 25.2. The number of carbonyl (C=O) groups is 3. The van der Waals surface area contributed by atoms with Gasteiger partial charge in [-0.25, -0.2) is 18.6 Å². The molecule has 75 heavy (non-hydrogen) atoms. The van der Waals surface area contributed by atoms with Crippen molar-refractivity contribution in [2.45, 2.75) is 27.7 Å². The summed E-state index contributed by atoms with van der Waals surface area (Å²) in [5, 5.41) is 58.9. The Kier molecular flexibility index (Phi) is 18.6. The summed E-state index contributed by atoms with van der Waals surface area (Å²) in [4.78, 5) is 36.4. The van der Waals surface area contributed by atoms with Crippen LogP contribution in [0.1, 0.15) is 43.0 Å². The third kappa shape index (κ3) is 15.8. The van der Waals surface area contributed by atoms with E-state index in [2.05, 4.69) is 51.5 Å². The van der Waals surface area contributed by atoms with E-state index in [9.17, 15) is 37.2 Å². The maximum absolute atomic E-state index is 13.4. The van der Waals surface area contributed by atoms with Crippen LogP contribution in [-0.2, 0) is 21.2 Å². The zero-order valence-electron chi connectivity index (χ0n) is 40.8. The first-order valence-electron chi connectivity index (χ1n) is 22.1. The number of urea groups is 1. The maximum atomic E-state index is 13.4. The molecule has 0 radical (unpaired) electrons. The van der Waals surface area contributed by atoms with Crippen molar-refractivity contribution in [1.82, 2.24) is 0 Å². The number of hydrogen-bond donors (Lipinski definition) is 6. The van der Waals surface area contributed by atoms with Gasteiger partial charge in [0.05, 0.1) is 76.6 Å². The minimum Gasteiger partial charge on any atom is -0.494 e. The molecule has 2 amide bonds. The summed E-state index contributed by atoms with van der Waals surface area (Å²) in [6, 6.07) is 23.9. The molecule has 0 aliphatic carbocycles. The van der Waals surface area contributed by atoms with Crippen LogP contribution in [0, 0.1) is 27.7 Å². The number of amides is 2. The van der Waals surface area contributed by atoms with Crippen LogP contribution < -0.4 is 29.6 Å². The highest BCUT2D eigenvalue weighted by molar-refractivity contribution is 7.85. The normalized spacial score (nSPS) is 12.1. The number of carbonyl (C=O) groups excluding carboxylic acids is 1. The number of aryl methyl sites for hydroxylation is 4. The molecule has 0 spiro atoms. The highest BCUT2D eigenvalue weighted by Gasteiger charge is 2.17. The lowest BCUT2D eigenvalue weighted by Gasteiger charge is -2.15. The second-order valence-electron chi connectivity index (χ2n) is 16.0. The first kappa shape index (κ1) is 55.5. The number of carboxylic acid groups (broad SMARTS) is 2. The molecule has 0 heterocycles. The average molecular weight is 1070 g/mol. The minimum absolute atomic E-state index is 0.0471. The summed E-state index contributed by atoms with van der Waals surface area (Å²) >= 11 is -2.10. The molecule has 6 rings (SSSR count). The number of aromatic carboxylic acids is 2. The number of hydrogen-bond acceptors (Lipinski definition) is 18. The van der Waals surface area contributed by atoms with Crippen LogP contribution in [0.15, 0.2) is 138 Å². The number of azo groups is 4. The van der Waals surface area contributed by atoms with Crippen molar-refractivity contribution in [2.24, 2.45) is 40.9 Å². The van der Waals surface area contributed by atoms with Crippen LogP contribution >= 0.6 is 0 Å². The number of nitrogens with one attached hydrogen (secondary N) is 2. The molecule has 24 nitrogen and oxygen atoms in total. The van der Waals surface area contributed by atoms with Crippen LogP contribution in [0.2, 0.25) is 0 Å². The standard InChI is InChI=1S/C49H48N10O14S2/c1-27-19-33(52-56-37-11-7-31(47(60)61)23-45(37)72-15-17-74(65)66)9-13-35(27)54-58-39-25-43(70-5)41(21-29(39)3)50-49(64)51-42-22-30(4)40(26-44(42)71-6)59-55-36-14-10-34(20-28(36)2)53-57-38-12-8-32(48(62)63)24-46(38)73-16-18-75(67,68)69/h7-14,19-26H,15-18H2,1-6H3,(H,60,61)(H,62,63)(H,65,66)(H2,50,51,64)(H,67,68,69). The summed E-state index contributed by atoms with van der Waals surface area (Å²) < 4.78 is 73.6. The minimum atomic E-state index is -4.32. The first-order chi connectivity index (χ1) is 35.7. The summed E-state index contributed by atoms with van der Waals surface area (Å²) in [7, 11) is -1.44. The lowest BCUT2D eigenvalue weighted by Crippen LogP contribution is -2.20. The summed E-state index contributed by atoms with van der Waals surface area (Å²) in [5.74, 6) is -2.69. The Morgan fingerprint density at radius 1 is 0.520 bits per heavy atom. The van der Waals surface area contributed by atoms with E-state index in [-0.39, 0.29) is 46.4 Å². The van der Waals surface area contributed by atoms with Crippen LogP contribution in [0.4, 0.5) is 61.7 Å². The zero-order valence-corrected chi connectivity index (χ0v) is 42.5. The summed E-state index contributed by atoms with van der Waals surface area (Å²) in [6.45, 7) is 6.56. The van der Waals surface area contributed by atoms with Crippen molar-refractivity contribution in [2.75, 3.05) is 49.6 Å². The van der Waals surface area contributed by atoms with E-state index in [1.165, 1.54) is 50.6 Å². The molecule has 26 heteroatoms. The van der Waals surface area contributed by atoms with Gasteiger partial charge in [0.15, 0.2) is 11.1 Å². The first-order valence-corrected chi connectivity index (χ1v) is 24.9. The quantitative estimate of drug-likeness (QED) is 0.0209. The van der Waals surface area contributed by atoms with E-state index in [0.29, 0.717) is 79.3 Å². The predicted molar refractivity (Wildman–Crippen MR) is 277 cm³/mol. The monoisotopic (exact) mass is 1060 g/mol. The predicted octanol–water partition coefficient (Wildman–Crippen LogP) is 12.5. The Labute approximate surface area is 431 Å². The topological polar surface area (TPSA) is 343 Å². The number of methoxy groups -OCH3 is 2. The van der Waals surface area contributed by atoms with E-state index in [0.717, 1.165) is 0 Å². The molecule has 6 N–H and O–H groups in total. The van der Waals surface area contributed by atoms with E-state index in [4.69, 9.17) is 28.1 Å². The smallest absolute Gasteiger partial charge is 0.335 e. The van der Waals surface area contributed by atoms with Crippen molar-refractivity contribution < 1.29 is 65.3 Å². The lowest BCUT2D eigenvalue weighted by molar-refractivity contribution is 0.0685. The average Bonchev–Trinajstić information content (AvgIpc) is 3.35. The van der Waals surface area contributed by atoms with Crippen molar-refractivity contribution in [3.63, 3.8) is 0 Å². The van der Waals surface area contributed by atoms with Gasteiger partial charge >= 0.3 is 18.0 Å². The van der Waals surface area contributed by atoms with E-state index >= 15 is 0 Å². The highest BCUT2D eigenvalue weighted by atomic mass is 32.2. The van der Waals surface area contributed by atoms with Gasteiger partial charge in [-0.1, -0.05) is 0 Å². The number of carboxylic acids is 2. The fourth-order valence-corrected chi connectivity index (χ4v) is 7.14. The Morgan fingerprint density at radius 3 is 1.29 bits per heavy atom. The molecule has 0 aliphatic rings. The van der Waals surface area contributed by atoms with Gasteiger partial charge in [-0.15, -0.1) is 10.2 Å². The Morgan fingerprint density at radius 2 is 0.907 bits per heavy atom. The molecule has 0 bridgehead atoms. The van der Waals surface area contributed by atoms with E-state index in [1.54, 1.807) is 88.4 Å². The van der Waals surface area contributed by atoms with Gasteiger partial charge in [0.25, 0.3) is 10.1 Å². The van der Waals surface area contributed by atoms with Crippen LogP contribution in [0.25, 0.3) is 0 Å². The molecular formula is C49H48N10O14S2.